The van der Waals surface area contributed by atoms with Crippen LogP contribution < -0.4 is 10.1 Å². The summed E-state index contributed by atoms with van der Waals surface area (Å²) in [6.07, 6.45) is -0.603. The van der Waals surface area contributed by atoms with E-state index >= 15 is 0 Å². The van der Waals surface area contributed by atoms with Gasteiger partial charge in [-0.3, -0.25) is 0 Å². The third-order valence-electron chi connectivity index (χ3n) is 3.05. The highest BCUT2D eigenvalue weighted by atomic mass is 35.5. The smallest absolute Gasteiger partial charge is 0.405 e. The number of ether oxygens (including phenoxy) is 2. The zero-order valence-corrected chi connectivity index (χ0v) is 15.0. The molecule has 2 rings (SSSR count). The van der Waals surface area contributed by atoms with Crippen molar-refractivity contribution in [2.75, 3.05) is 20.1 Å². The maximum Gasteiger partial charge on any atom is 0.405 e. The van der Waals surface area contributed by atoms with E-state index in [0.717, 1.165) is 18.0 Å². The Morgan fingerprint density at radius 1 is 1.35 bits per heavy atom. The average Bonchev–Trinajstić information content (AvgIpc) is 3.05. The largest absolute Gasteiger partial charge is 0.481 e. The van der Waals surface area contributed by atoms with Crippen LogP contribution in [0.25, 0.3) is 5.82 Å². The molecule has 0 saturated carbocycles. The van der Waals surface area contributed by atoms with Crippen LogP contribution in [0.15, 0.2) is 23.4 Å². The van der Waals surface area contributed by atoms with Crippen molar-refractivity contribution in [3.63, 3.8) is 0 Å². The van der Waals surface area contributed by atoms with Gasteiger partial charge in [-0.15, -0.1) is 0 Å². The van der Waals surface area contributed by atoms with Gasteiger partial charge in [-0.25, -0.2) is 22.7 Å². The number of nitrogens with zero attached hydrogens (tertiary/aromatic N) is 3. The quantitative estimate of drug-likeness (QED) is 0.663. The molecule has 0 atom stereocenters. The molecule has 0 aromatic carbocycles. The lowest BCUT2D eigenvalue weighted by atomic mass is 10.4. The van der Waals surface area contributed by atoms with Gasteiger partial charge in [0.2, 0.25) is 15.7 Å². The minimum atomic E-state index is -4.34. The molecule has 2 N–H and O–H groups in total. The Balaban J connectivity index is 2.71. The molecule has 0 saturated heterocycles. The summed E-state index contributed by atoms with van der Waals surface area (Å²) < 4.78 is 35.5. The predicted octanol–water partition coefficient (Wildman–Crippen LogP) is 0.715. The topological polar surface area (TPSA) is 150 Å². The first-order chi connectivity index (χ1) is 12.2. The number of amides is 1. The summed E-state index contributed by atoms with van der Waals surface area (Å²) in [4.78, 5) is 26.6. The van der Waals surface area contributed by atoms with Crippen molar-refractivity contribution < 1.29 is 32.6 Å². The maximum atomic E-state index is 12.6. The lowest BCUT2D eigenvalue weighted by molar-refractivity contribution is 0.0596. The molecule has 13 heteroatoms. The van der Waals surface area contributed by atoms with Crippen molar-refractivity contribution >= 4 is 33.5 Å². The minimum absolute atomic E-state index is 0.0213. The summed E-state index contributed by atoms with van der Waals surface area (Å²) in [7, 11) is -1.94. The summed E-state index contributed by atoms with van der Waals surface area (Å²) in [5.41, 5.74) is -0.402. The number of carbonyl (C=O) groups is 2. The number of nitrogens with one attached hydrogen (secondary N) is 1. The summed E-state index contributed by atoms with van der Waals surface area (Å²) in [6, 6.07) is 2.84. The lowest BCUT2D eigenvalue weighted by Crippen LogP contribution is -2.30. The number of carboxylic acid groups (broad SMARTS) is 1. The summed E-state index contributed by atoms with van der Waals surface area (Å²) in [5.74, 6) is -2.00. The number of rotatable bonds is 6. The Bertz CT molecular complexity index is 957. The first-order valence-electron chi connectivity index (χ1n) is 6.78. The highest BCUT2D eigenvalue weighted by Crippen LogP contribution is 2.27. The van der Waals surface area contributed by atoms with Crippen molar-refractivity contribution in [2.24, 2.45) is 0 Å². The van der Waals surface area contributed by atoms with Crippen LogP contribution in [0.5, 0.6) is 5.88 Å². The number of pyridine rings is 1. The third kappa shape index (κ3) is 3.86. The van der Waals surface area contributed by atoms with E-state index in [0.29, 0.717) is 0 Å². The van der Waals surface area contributed by atoms with Gasteiger partial charge in [0.05, 0.1) is 25.4 Å². The van der Waals surface area contributed by atoms with E-state index in [1.54, 1.807) is 5.32 Å². The molecule has 0 aliphatic carbocycles. The number of hydrogen-bond acceptors (Lipinski definition) is 8. The van der Waals surface area contributed by atoms with E-state index in [1.165, 1.54) is 19.2 Å². The van der Waals surface area contributed by atoms with Crippen LogP contribution in [0, 0.1) is 0 Å². The zero-order valence-electron chi connectivity index (χ0n) is 13.5. The van der Waals surface area contributed by atoms with Gasteiger partial charge in [0.1, 0.15) is 11.4 Å². The molecule has 140 valence electrons. The van der Waals surface area contributed by atoms with Gasteiger partial charge in [-0.05, 0) is 6.07 Å². The van der Waals surface area contributed by atoms with Gasteiger partial charge in [0, 0.05) is 6.07 Å². The Labute approximate surface area is 152 Å². The minimum Gasteiger partial charge on any atom is -0.481 e. The van der Waals surface area contributed by atoms with Crippen LogP contribution in [0.3, 0.4) is 0 Å². The Morgan fingerprint density at radius 2 is 2.04 bits per heavy atom. The summed E-state index contributed by atoms with van der Waals surface area (Å²) in [5, 5.41) is 13.6. The highest BCUT2D eigenvalue weighted by Gasteiger charge is 2.31. The van der Waals surface area contributed by atoms with Gasteiger partial charge in [-0.1, -0.05) is 11.6 Å². The van der Waals surface area contributed by atoms with Gasteiger partial charge in [0.15, 0.2) is 10.8 Å². The first kappa shape index (κ1) is 19.5. The van der Waals surface area contributed by atoms with E-state index < -0.39 is 38.4 Å². The number of hydrogen-bond donors (Lipinski definition) is 2. The highest BCUT2D eigenvalue weighted by molar-refractivity contribution is 7.91. The van der Waals surface area contributed by atoms with Gasteiger partial charge >= 0.3 is 12.1 Å². The van der Waals surface area contributed by atoms with Crippen molar-refractivity contribution in [1.82, 2.24) is 20.1 Å². The molecule has 11 nitrogen and oxygen atoms in total. The van der Waals surface area contributed by atoms with Crippen LogP contribution in [-0.4, -0.2) is 60.4 Å². The van der Waals surface area contributed by atoms with Crippen molar-refractivity contribution in [2.45, 2.75) is 5.03 Å². The molecule has 1 amide bonds. The Hall–Kier alpha value is -2.86. The first-order valence-corrected chi connectivity index (χ1v) is 8.81. The van der Waals surface area contributed by atoms with Crippen LogP contribution in [-0.2, 0) is 14.6 Å². The molecular weight excluding hydrogens is 392 g/mol. The fraction of sp³-hybridized carbons (Fsp3) is 0.231. The van der Waals surface area contributed by atoms with Gasteiger partial charge < -0.3 is 19.9 Å². The van der Waals surface area contributed by atoms with Gasteiger partial charge in [0.25, 0.3) is 0 Å². The Morgan fingerprint density at radius 3 is 2.62 bits per heavy atom. The second-order valence-electron chi connectivity index (χ2n) is 4.67. The number of carbonyl (C=O) groups excluding carboxylic acids is 1. The molecule has 0 unspecified atom stereocenters. The number of halogens is 1. The molecule has 0 spiro atoms. The normalized spacial score (nSPS) is 11.0. The number of sulfone groups is 1. The molecule has 0 bridgehead atoms. The molecule has 0 aliphatic rings. The van der Waals surface area contributed by atoms with Crippen LogP contribution in [0.2, 0.25) is 5.02 Å². The van der Waals surface area contributed by atoms with E-state index in [-0.39, 0.29) is 16.7 Å². The number of aromatic nitrogens is 3. The Kier molecular flexibility index (Phi) is 5.67. The monoisotopic (exact) mass is 404 g/mol. The van der Waals surface area contributed by atoms with E-state index in [4.69, 9.17) is 21.4 Å². The fourth-order valence-electron chi connectivity index (χ4n) is 1.94. The van der Waals surface area contributed by atoms with Crippen molar-refractivity contribution in [3.05, 3.63) is 28.9 Å². The van der Waals surface area contributed by atoms with Crippen molar-refractivity contribution in [3.8, 4) is 11.7 Å². The molecule has 2 aromatic heterocycles. The lowest BCUT2D eigenvalue weighted by Gasteiger charge is -2.11. The zero-order chi connectivity index (χ0) is 19.5. The van der Waals surface area contributed by atoms with E-state index in [1.807, 2.05) is 0 Å². The molecule has 0 radical (unpaired) electrons. The SMILES string of the molecule is COC(=O)c1cnn(-c2nc(OC)ccc2Cl)c1S(=O)(=O)CNC(=O)O. The van der Waals surface area contributed by atoms with E-state index in [9.17, 15) is 18.0 Å². The summed E-state index contributed by atoms with van der Waals surface area (Å²) >= 11 is 6.06. The molecule has 2 heterocycles. The van der Waals surface area contributed by atoms with Crippen LogP contribution in [0.1, 0.15) is 10.4 Å². The molecule has 0 aliphatic heterocycles. The van der Waals surface area contributed by atoms with Crippen molar-refractivity contribution in [1.29, 1.82) is 0 Å². The summed E-state index contributed by atoms with van der Waals surface area (Å²) in [6.45, 7) is 0. The number of esters is 1. The fourth-order valence-corrected chi connectivity index (χ4v) is 3.44. The standard InChI is InChI=1S/C13H13ClN4O7S/c1-24-9-4-3-8(14)10(17-9)18-11(7(5-16-18)12(19)25-2)26(22,23)6-15-13(20)21/h3-5,15H,6H2,1-2H3,(H,20,21). The molecule has 26 heavy (non-hydrogen) atoms. The second kappa shape index (κ2) is 7.58. The molecule has 2 aromatic rings. The molecule has 0 fully saturated rings. The van der Waals surface area contributed by atoms with Crippen LogP contribution >= 0.6 is 11.6 Å². The number of methoxy groups -OCH3 is 2. The predicted molar refractivity (Wildman–Crippen MR) is 87.5 cm³/mol. The second-order valence-corrected chi connectivity index (χ2v) is 6.98. The maximum absolute atomic E-state index is 12.6. The molecular formula is C13H13ClN4O7S. The third-order valence-corrected chi connectivity index (χ3v) is 4.85. The van der Waals surface area contributed by atoms with Crippen LogP contribution in [0.4, 0.5) is 4.79 Å². The van der Waals surface area contributed by atoms with E-state index in [2.05, 4.69) is 14.8 Å². The van der Waals surface area contributed by atoms with Gasteiger partial charge in [-0.2, -0.15) is 10.1 Å². The average molecular weight is 405 g/mol.